The molecular formula is C12H7N3O6. The van der Waals surface area contributed by atoms with Gasteiger partial charge in [0, 0.05) is 0 Å². The summed E-state index contributed by atoms with van der Waals surface area (Å²) in [5.74, 6) is -4.31. The summed E-state index contributed by atoms with van der Waals surface area (Å²) >= 11 is 0. The summed E-state index contributed by atoms with van der Waals surface area (Å²) in [6.45, 7) is 0. The Kier molecular flexibility index (Phi) is 3.84. The van der Waals surface area contributed by atoms with Gasteiger partial charge < -0.3 is 14.9 Å². The number of carboxylic acids is 2. The highest BCUT2D eigenvalue weighted by molar-refractivity contribution is 6.07. The number of para-hydroxylation sites is 1. The normalized spacial score (nSPS) is 9.90. The van der Waals surface area contributed by atoms with Gasteiger partial charge in [0.25, 0.3) is 0 Å². The van der Waals surface area contributed by atoms with Crippen molar-refractivity contribution in [3.05, 3.63) is 47.3 Å². The van der Waals surface area contributed by atoms with Crippen molar-refractivity contribution in [2.24, 2.45) is 0 Å². The summed E-state index contributed by atoms with van der Waals surface area (Å²) in [6, 6.07) is 7.81. The molecule has 0 amide bonds. The minimum atomic E-state index is -1.67. The smallest absolute Gasteiger partial charge is 0.365 e. The first-order valence-corrected chi connectivity index (χ1v) is 5.48. The molecule has 0 aliphatic carbocycles. The maximum atomic E-state index is 11.9. The van der Waals surface area contributed by atoms with Crippen LogP contribution < -0.4 is 4.74 Å². The van der Waals surface area contributed by atoms with E-state index in [1.54, 1.807) is 18.2 Å². The average molecular weight is 289 g/mol. The Morgan fingerprint density at radius 3 is 2.10 bits per heavy atom. The zero-order valence-electron chi connectivity index (χ0n) is 10.3. The number of rotatable bonds is 4. The van der Waals surface area contributed by atoms with E-state index in [1.807, 2.05) is 0 Å². The zero-order valence-corrected chi connectivity index (χ0v) is 10.3. The van der Waals surface area contributed by atoms with Gasteiger partial charge in [-0.05, 0) is 17.3 Å². The molecule has 0 aliphatic heterocycles. The molecule has 1 heterocycles. The molecule has 2 aromatic rings. The van der Waals surface area contributed by atoms with Gasteiger partial charge in [0.05, 0.1) is 0 Å². The summed E-state index contributed by atoms with van der Waals surface area (Å²) in [7, 11) is 0. The van der Waals surface area contributed by atoms with E-state index in [-0.39, 0.29) is 5.75 Å². The first kappa shape index (κ1) is 14.1. The lowest BCUT2D eigenvalue weighted by atomic mass is 10.1. The number of carbonyl (C=O) groups excluding carboxylic acids is 1. The third-order valence-electron chi connectivity index (χ3n) is 2.33. The highest BCUT2D eigenvalue weighted by atomic mass is 16.5. The van der Waals surface area contributed by atoms with Gasteiger partial charge in [-0.2, -0.15) is 0 Å². The lowest BCUT2D eigenvalue weighted by Crippen LogP contribution is -2.22. The molecule has 2 rings (SSSR count). The van der Waals surface area contributed by atoms with Crippen molar-refractivity contribution in [1.82, 2.24) is 15.4 Å². The molecule has 21 heavy (non-hydrogen) atoms. The van der Waals surface area contributed by atoms with Crippen LogP contribution in [-0.4, -0.2) is 43.5 Å². The van der Waals surface area contributed by atoms with E-state index in [4.69, 9.17) is 14.9 Å². The average Bonchev–Trinajstić information content (AvgIpc) is 2.47. The number of benzene rings is 1. The fraction of sp³-hybridized carbons (Fsp3) is 0. The minimum absolute atomic E-state index is 0.148. The second kappa shape index (κ2) is 5.74. The van der Waals surface area contributed by atoms with Crippen LogP contribution in [0.3, 0.4) is 0 Å². The maximum absolute atomic E-state index is 11.9. The van der Waals surface area contributed by atoms with Crippen LogP contribution in [0.1, 0.15) is 31.3 Å². The molecule has 0 unspecified atom stereocenters. The number of ether oxygens (including phenoxy) is 1. The summed E-state index contributed by atoms with van der Waals surface area (Å²) in [6.07, 6.45) is 0. The zero-order chi connectivity index (χ0) is 15.4. The number of nitrogens with zero attached hydrogens (tertiary/aromatic N) is 3. The highest BCUT2D eigenvalue weighted by Gasteiger charge is 2.29. The third-order valence-corrected chi connectivity index (χ3v) is 2.33. The molecule has 0 radical (unpaired) electrons. The SMILES string of the molecule is O=C(O)c1nnnc(C(=O)Oc2ccccc2)c1C(=O)O. The standard InChI is InChI=1S/C12H7N3O6/c16-10(17)7-8(11(18)19)13-15-14-9(7)12(20)21-6-4-2-1-3-5-6/h1-5H,(H,16,17)(H,18,19). The monoisotopic (exact) mass is 289 g/mol. The van der Waals surface area contributed by atoms with E-state index in [0.717, 1.165) is 0 Å². The first-order valence-electron chi connectivity index (χ1n) is 5.48. The first-order chi connectivity index (χ1) is 10.0. The topological polar surface area (TPSA) is 140 Å². The van der Waals surface area contributed by atoms with E-state index in [0.29, 0.717) is 0 Å². The molecule has 9 nitrogen and oxygen atoms in total. The molecule has 0 spiro atoms. The van der Waals surface area contributed by atoms with E-state index in [9.17, 15) is 14.4 Å². The van der Waals surface area contributed by atoms with E-state index in [2.05, 4.69) is 15.4 Å². The molecule has 2 N–H and O–H groups in total. The summed E-state index contributed by atoms with van der Waals surface area (Å²) < 4.78 is 4.90. The van der Waals surface area contributed by atoms with Crippen molar-refractivity contribution in [2.75, 3.05) is 0 Å². The Balaban J connectivity index is 2.44. The quantitative estimate of drug-likeness (QED) is 0.607. The van der Waals surface area contributed by atoms with Crippen LogP contribution in [0.25, 0.3) is 0 Å². The molecule has 1 aromatic heterocycles. The molecule has 0 bridgehead atoms. The molecule has 9 heteroatoms. The minimum Gasteiger partial charge on any atom is -0.478 e. The molecule has 0 atom stereocenters. The number of carboxylic acid groups (broad SMARTS) is 2. The van der Waals surface area contributed by atoms with Crippen LogP contribution in [0.4, 0.5) is 0 Å². The van der Waals surface area contributed by atoms with E-state index in [1.165, 1.54) is 12.1 Å². The van der Waals surface area contributed by atoms with Crippen LogP contribution in [0.15, 0.2) is 30.3 Å². The van der Waals surface area contributed by atoms with Crippen LogP contribution in [0.2, 0.25) is 0 Å². The lowest BCUT2D eigenvalue weighted by molar-refractivity contribution is 0.0630. The van der Waals surface area contributed by atoms with Gasteiger partial charge >= 0.3 is 17.9 Å². The van der Waals surface area contributed by atoms with E-state index < -0.39 is 34.9 Å². The van der Waals surface area contributed by atoms with Crippen LogP contribution in [0.5, 0.6) is 5.75 Å². The van der Waals surface area contributed by atoms with Gasteiger partial charge in [0.15, 0.2) is 11.4 Å². The Labute approximate surface area is 116 Å². The fourth-order valence-electron chi connectivity index (χ4n) is 1.46. The van der Waals surface area contributed by atoms with Crippen LogP contribution >= 0.6 is 0 Å². The third kappa shape index (κ3) is 2.97. The van der Waals surface area contributed by atoms with Crippen molar-refractivity contribution < 1.29 is 29.3 Å². The van der Waals surface area contributed by atoms with Crippen molar-refractivity contribution in [1.29, 1.82) is 0 Å². The van der Waals surface area contributed by atoms with Gasteiger partial charge in [-0.3, -0.25) is 0 Å². The Hall–Kier alpha value is -3.36. The summed E-state index contributed by atoms with van der Waals surface area (Å²) in [4.78, 5) is 33.9. The Bertz CT molecular complexity index is 716. The van der Waals surface area contributed by atoms with Crippen molar-refractivity contribution in [3.63, 3.8) is 0 Å². The maximum Gasteiger partial charge on any atom is 0.365 e. The van der Waals surface area contributed by atoms with Crippen molar-refractivity contribution >= 4 is 17.9 Å². The molecule has 106 valence electrons. The second-order valence-electron chi connectivity index (χ2n) is 3.67. The molecular weight excluding hydrogens is 282 g/mol. The predicted molar refractivity (Wildman–Crippen MR) is 65.1 cm³/mol. The Morgan fingerprint density at radius 2 is 1.52 bits per heavy atom. The summed E-state index contributed by atoms with van der Waals surface area (Å²) in [5.41, 5.74) is -2.50. The van der Waals surface area contributed by atoms with Gasteiger partial charge in [-0.15, -0.1) is 10.2 Å². The molecule has 0 aliphatic rings. The number of aromatic nitrogens is 3. The molecule has 1 aromatic carbocycles. The van der Waals surface area contributed by atoms with Crippen LogP contribution in [-0.2, 0) is 0 Å². The molecule has 0 fully saturated rings. The second-order valence-corrected chi connectivity index (χ2v) is 3.67. The van der Waals surface area contributed by atoms with Crippen LogP contribution in [0, 0.1) is 0 Å². The lowest BCUT2D eigenvalue weighted by Gasteiger charge is -2.06. The molecule has 0 saturated carbocycles. The fourth-order valence-corrected chi connectivity index (χ4v) is 1.46. The number of hydrogen-bond acceptors (Lipinski definition) is 7. The van der Waals surface area contributed by atoms with Gasteiger partial charge in [0.2, 0.25) is 0 Å². The number of esters is 1. The number of hydrogen-bond donors (Lipinski definition) is 2. The van der Waals surface area contributed by atoms with Crippen molar-refractivity contribution in [3.8, 4) is 5.75 Å². The van der Waals surface area contributed by atoms with Crippen molar-refractivity contribution in [2.45, 2.75) is 0 Å². The number of aromatic carboxylic acids is 2. The highest BCUT2D eigenvalue weighted by Crippen LogP contribution is 2.14. The Morgan fingerprint density at radius 1 is 0.905 bits per heavy atom. The molecule has 0 saturated heterocycles. The summed E-state index contributed by atoms with van der Waals surface area (Å²) in [5, 5.41) is 27.3. The van der Waals surface area contributed by atoms with E-state index >= 15 is 0 Å². The number of carbonyl (C=O) groups is 3. The van der Waals surface area contributed by atoms with Gasteiger partial charge in [-0.1, -0.05) is 18.2 Å². The van der Waals surface area contributed by atoms with Gasteiger partial charge in [0.1, 0.15) is 11.3 Å². The van der Waals surface area contributed by atoms with Gasteiger partial charge in [-0.25, -0.2) is 14.4 Å². The predicted octanol–water partition coefficient (Wildman–Crippen LogP) is 0.487. The largest absolute Gasteiger partial charge is 0.478 e.